The van der Waals surface area contributed by atoms with Crippen LogP contribution in [-0.4, -0.2) is 50.2 Å². The van der Waals surface area contributed by atoms with Gasteiger partial charge in [0.25, 0.3) is 0 Å². The van der Waals surface area contributed by atoms with Gasteiger partial charge in [0, 0.05) is 6.04 Å². The first kappa shape index (κ1) is 13.5. The maximum absolute atomic E-state index is 11.6. The average Bonchev–Trinajstić information content (AvgIpc) is 3.11. The highest BCUT2D eigenvalue weighted by Crippen LogP contribution is 2.26. The van der Waals surface area contributed by atoms with Gasteiger partial charge in [0.1, 0.15) is 5.54 Å². The third-order valence-corrected chi connectivity index (χ3v) is 3.55. The number of ether oxygens (including phenoxy) is 1. The molecule has 1 unspecified atom stereocenters. The average molecular weight is 228 g/mol. The van der Waals surface area contributed by atoms with Crippen molar-refractivity contribution in [2.45, 2.75) is 44.2 Å². The molecule has 0 saturated heterocycles. The molecule has 94 valence electrons. The van der Waals surface area contributed by atoms with Crippen LogP contribution in [0.3, 0.4) is 0 Å². The molecule has 1 rings (SSSR count). The van der Waals surface area contributed by atoms with E-state index in [1.54, 1.807) is 0 Å². The Bertz CT molecular complexity index is 241. The number of methoxy groups -OCH3 is 1. The van der Waals surface area contributed by atoms with E-state index in [4.69, 9.17) is 4.74 Å². The summed E-state index contributed by atoms with van der Waals surface area (Å²) in [6.07, 6.45) is 4.49. The zero-order chi connectivity index (χ0) is 12.2. The van der Waals surface area contributed by atoms with E-state index in [1.807, 2.05) is 14.0 Å². The molecule has 4 heteroatoms. The zero-order valence-electron chi connectivity index (χ0n) is 10.9. The molecular formula is C12H24N2O2. The minimum Gasteiger partial charge on any atom is -0.468 e. The summed E-state index contributed by atoms with van der Waals surface area (Å²) < 4.78 is 4.81. The molecule has 0 radical (unpaired) electrons. The molecule has 1 saturated carbocycles. The first-order chi connectivity index (χ1) is 7.53. The second kappa shape index (κ2) is 5.64. The van der Waals surface area contributed by atoms with Crippen molar-refractivity contribution >= 4 is 5.97 Å². The predicted molar refractivity (Wildman–Crippen MR) is 64.4 cm³/mol. The van der Waals surface area contributed by atoms with Gasteiger partial charge in [-0.2, -0.15) is 0 Å². The van der Waals surface area contributed by atoms with Gasteiger partial charge < -0.3 is 15.0 Å². The topological polar surface area (TPSA) is 41.6 Å². The van der Waals surface area contributed by atoms with Crippen LogP contribution in [0.25, 0.3) is 0 Å². The summed E-state index contributed by atoms with van der Waals surface area (Å²) in [4.78, 5) is 14.0. The van der Waals surface area contributed by atoms with Gasteiger partial charge in [-0.1, -0.05) is 0 Å². The number of carbonyl (C=O) groups is 1. The molecular weight excluding hydrogens is 204 g/mol. The lowest BCUT2D eigenvalue weighted by atomic mass is 9.96. The number of rotatable bonds is 7. The van der Waals surface area contributed by atoms with Crippen LogP contribution >= 0.6 is 0 Å². The van der Waals surface area contributed by atoms with Crippen LogP contribution in [0.2, 0.25) is 0 Å². The smallest absolute Gasteiger partial charge is 0.325 e. The molecule has 4 nitrogen and oxygen atoms in total. The van der Waals surface area contributed by atoms with Crippen molar-refractivity contribution in [3.8, 4) is 0 Å². The predicted octanol–water partition coefficient (Wildman–Crippen LogP) is 1.01. The Hall–Kier alpha value is -0.610. The van der Waals surface area contributed by atoms with Gasteiger partial charge in [-0.15, -0.1) is 0 Å². The van der Waals surface area contributed by atoms with E-state index in [9.17, 15) is 4.79 Å². The maximum Gasteiger partial charge on any atom is 0.325 e. The van der Waals surface area contributed by atoms with Gasteiger partial charge >= 0.3 is 5.97 Å². The van der Waals surface area contributed by atoms with E-state index >= 15 is 0 Å². The standard InChI is InChI=1S/C12H24N2O2/c1-12(13-2,11(15)16-4)8-5-9-14(3)10-6-7-10/h10,13H,5-9H2,1-4H3. The summed E-state index contributed by atoms with van der Waals surface area (Å²) in [5.74, 6) is -0.177. The van der Waals surface area contributed by atoms with Crippen LogP contribution in [0, 0.1) is 0 Å². The number of hydrogen-bond donors (Lipinski definition) is 1. The molecule has 1 aliphatic carbocycles. The van der Waals surface area contributed by atoms with Gasteiger partial charge in [0.2, 0.25) is 0 Å². The highest BCUT2D eigenvalue weighted by molar-refractivity contribution is 5.80. The first-order valence-electron chi connectivity index (χ1n) is 6.01. The SMILES string of the molecule is CNC(C)(CCCN(C)C1CC1)C(=O)OC. The van der Waals surface area contributed by atoms with Gasteiger partial charge in [-0.3, -0.25) is 4.79 Å². The Morgan fingerprint density at radius 1 is 1.56 bits per heavy atom. The van der Waals surface area contributed by atoms with Crippen LogP contribution in [-0.2, 0) is 9.53 Å². The molecule has 0 aromatic rings. The Morgan fingerprint density at radius 3 is 2.62 bits per heavy atom. The minimum absolute atomic E-state index is 0.177. The first-order valence-corrected chi connectivity index (χ1v) is 6.01. The van der Waals surface area contributed by atoms with E-state index in [-0.39, 0.29) is 5.97 Å². The number of carbonyl (C=O) groups excluding carboxylic acids is 1. The number of nitrogens with one attached hydrogen (secondary N) is 1. The number of hydrogen-bond acceptors (Lipinski definition) is 4. The number of esters is 1. The lowest BCUT2D eigenvalue weighted by Gasteiger charge is -2.27. The van der Waals surface area contributed by atoms with E-state index in [2.05, 4.69) is 17.3 Å². The molecule has 1 fully saturated rings. The van der Waals surface area contributed by atoms with Gasteiger partial charge in [-0.25, -0.2) is 0 Å². The minimum atomic E-state index is -0.543. The van der Waals surface area contributed by atoms with E-state index < -0.39 is 5.54 Å². The molecule has 1 N–H and O–H groups in total. The maximum atomic E-state index is 11.6. The highest BCUT2D eigenvalue weighted by atomic mass is 16.5. The summed E-state index contributed by atoms with van der Waals surface area (Å²) in [5, 5.41) is 3.05. The molecule has 0 heterocycles. The van der Waals surface area contributed by atoms with Crippen molar-refractivity contribution in [2.75, 3.05) is 27.7 Å². The summed E-state index contributed by atoms with van der Waals surface area (Å²) in [6, 6.07) is 0.791. The third-order valence-electron chi connectivity index (χ3n) is 3.55. The zero-order valence-corrected chi connectivity index (χ0v) is 10.9. The Morgan fingerprint density at radius 2 is 2.19 bits per heavy atom. The van der Waals surface area contributed by atoms with Gasteiger partial charge in [0.15, 0.2) is 0 Å². The van der Waals surface area contributed by atoms with Crippen molar-refractivity contribution in [3.63, 3.8) is 0 Å². The third kappa shape index (κ3) is 3.46. The summed E-state index contributed by atoms with van der Waals surface area (Å²) >= 11 is 0. The van der Waals surface area contributed by atoms with Crippen molar-refractivity contribution in [1.29, 1.82) is 0 Å². The number of nitrogens with zero attached hydrogens (tertiary/aromatic N) is 1. The monoisotopic (exact) mass is 228 g/mol. The van der Waals surface area contributed by atoms with E-state index in [1.165, 1.54) is 20.0 Å². The largest absolute Gasteiger partial charge is 0.468 e. The fourth-order valence-corrected chi connectivity index (χ4v) is 1.93. The lowest BCUT2D eigenvalue weighted by Crippen LogP contribution is -2.48. The summed E-state index contributed by atoms with van der Waals surface area (Å²) in [5.41, 5.74) is -0.543. The molecule has 0 amide bonds. The molecule has 16 heavy (non-hydrogen) atoms. The molecule has 1 atom stereocenters. The van der Waals surface area contributed by atoms with Crippen molar-refractivity contribution in [2.24, 2.45) is 0 Å². The molecule has 0 spiro atoms. The van der Waals surface area contributed by atoms with Crippen molar-refractivity contribution in [1.82, 2.24) is 10.2 Å². The molecule has 0 aromatic carbocycles. The van der Waals surface area contributed by atoms with E-state index in [0.717, 1.165) is 25.4 Å². The van der Waals surface area contributed by atoms with Gasteiger partial charge in [-0.05, 0) is 53.2 Å². The van der Waals surface area contributed by atoms with Crippen LogP contribution in [0.5, 0.6) is 0 Å². The van der Waals surface area contributed by atoms with Crippen LogP contribution in [0.4, 0.5) is 0 Å². The molecule has 0 bridgehead atoms. The van der Waals surface area contributed by atoms with Crippen molar-refractivity contribution < 1.29 is 9.53 Å². The quantitative estimate of drug-likeness (QED) is 0.660. The summed E-state index contributed by atoms with van der Waals surface area (Å²) in [6.45, 7) is 2.95. The van der Waals surface area contributed by atoms with Gasteiger partial charge in [0.05, 0.1) is 7.11 Å². The normalized spacial score (nSPS) is 19.6. The molecule has 1 aliphatic rings. The molecule has 0 aromatic heterocycles. The Kier molecular flexibility index (Phi) is 4.74. The second-order valence-corrected chi connectivity index (χ2v) is 4.89. The fraction of sp³-hybridized carbons (Fsp3) is 0.917. The second-order valence-electron chi connectivity index (χ2n) is 4.89. The van der Waals surface area contributed by atoms with Crippen LogP contribution in [0.1, 0.15) is 32.6 Å². The van der Waals surface area contributed by atoms with Crippen molar-refractivity contribution in [3.05, 3.63) is 0 Å². The number of likely N-dealkylation sites (N-methyl/N-ethyl adjacent to an activating group) is 1. The lowest BCUT2D eigenvalue weighted by molar-refractivity contribution is -0.148. The Labute approximate surface area is 98.3 Å². The molecule has 0 aliphatic heterocycles. The Balaban J connectivity index is 2.29. The van der Waals surface area contributed by atoms with E-state index in [0.29, 0.717) is 0 Å². The fourth-order valence-electron chi connectivity index (χ4n) is 1.93. The summed E-state index contributed by atoms with van der Waals surface area (Å²) in [7, 11) is 5.41. The highest BCUT2D eigenvalue weighted by Gasteiger charge is 2.32. The van der Waals surface area contributed by atoms with Crippen LogP contribution in [0.15, 0.2) is 0 Å². The van der Waals surface area contributed by atoms with Crippen LogP contribution < -0.4 is 5.32 Å².